The van der Waals surface area contributed by atoms with Crippen LogP contribution >= 0.6 is 0 Å². The molecule has 0 unspecified atom stereocenters. The van der Waals surface area contributed by atoms with Gasteiger partial charge in [0.15, 0.2) is 0 Å². The summed E-state index contributed by atoms with van der Waals surface area (Å²) >= 11 is 0. The zero-order valence-corrected chi connectivity index (χ0v) is 16.3. The van der Waals surface area contributed by atoms with E-state index in [0.717, 1.165) is 47.6 Å². The average Bonchev–Trinajstić information content (AvgIpc) is 3.46. The molecule has 5 nitrogen and oxygen atoms in total. The molecular weight excluding hydrogens is 348 g/mol. The SMILES string of the molecule is Cc1nc2ccccc2n1-c1ccc(C(=O)N2CC[C@H](N3CCCC3)C2)cc1. The summed E-state index contributed by atoms with van der Waals surface area (Å²) in [5, 5.41) is 0. The van der Waals surface area contributed by atoms with Crippen molar-refractivity contribution >= 4 is 16.9 Å². The standard InChI is InChI=1S/C23H26N4O/c1-17-24-21-6-2-3-7-22(21)27(17)19-10-8-18(9-11-19)23(28)26-15-12-20(16-26)25-13-4-5-14-25/h2-3,6-11,20H,4-5,12-16H2,1H3/t20-/m0/s1. The molecule has 5 heteroatoms. The summed E-state index contributed by atoms with van der Waals surface area (Å²) in [6, 6.07) is 16.7. The minimum absolute atomic E-state index is 0.153. The van der Waals surface area contributed by atoms with Gasteiger partial charge in [0.05, 0.1) is 11.0 Å². The van der Waals surface area contributed by atoms with Crippen molar-refractivity contribution in [3.63, 3.8) is 0 Å². The van der Waals surface area contributed by atoms with Crippen LogP contribution in [0, 0.1) is 6.92 Å². The first-order valence-corrected chi connectivity index (χ1v) is 10.3. The fraction of sp³-hybridized carbons (Fsp3) is 0.391. The van der Waals surface area contributed by atoms with Crippen LogP contribution in [0.5, 0.6) is 0 Å². The van der Waals surface area contributed by atoms with Crippen molar-refractivity contribution in [1.82, 2.24) is 19.4 Å². The van der Waals surface area contributed by atoms with E-state index in [2.05, 4.69) is 20.5 Å². The molecule has 2 aliphatic heterocycles. The van der Waals surface area contributed by atoms with E-state index in [0.29, 0.717) is 6.04 Å². The minimum Gasteiger partial charge on any atom is -0.337 e. The molecule has 1 amide bonds. The van der Waals surface area contributed by atoms with Crippen LogP contribution in [0.1, 0.15) is 35.4 Å². The van der Waals surface area contributed by atoms with Gasteiger partial charge in [-0.25, -0.2) is 4.98 Å². The smallest absolute Gasteiger partial charge is 0.253 e. The number of hydrogen-bond acceptors (Lipinski definition) is 3. The quantitative estimate of drug-likeness (QED) is 0.703. The lowest BCUT2D eigenvalue weighted by Crippen LogP contribution is -2.37. The van der Waals surface area contributed by atoms with E-state index < -0.39 is 0 Å². The van der Waals surface area contributed by atoms with Gasteiger partial charge in [0.2, 0.25) is 0 Å². The minimum atomic E-state index is 0.153. The van der Waals surface area contributed by atoms with E-state index in [9.17, 15) is 4.79 Å². The average molecular weight is 374 g/mol. The molecule has 2 saturated heterocycles. The van der Waals surface area contributed by atoms with Crippen LogP contribution in [-0.4, -0.2) is 57.5 Å². The molecule has 28 heavy (non-hydrogen) atoms. The lowest BCUT2D eigenvalue weighted by Gasteiger charge is -2.23. The van der Waals surface area contributed by atoms with Crippen molar-refractivity contribution in [3.8, 4) is 5.69 Å². The Balaban J connectivity index is 1.35. The van der Waals surface area contributed by atoms with Gasteiger partial charge in [0, 0.05) is 30.4 Å². The number of rotatable bonds is 3. The van der Waals surface area contributed by atoms with Crippen molar-refractivity contribution in [1.29, 1.82) is 0 Å². The molecule has 0 radical (unpaired) electrons. The summed E-state index contributed by atoms with van der Waals surface area (Å²) in [5.41, 5.74) is 3.89. The summed E-state index contributed by atoms with van der Waals surface area (Å²) in [7, 11) is 0. The number of imidazole rings is 1. The van der Waals surface area contributed by atoms with Crippen molar-refractivity contribution in [2.75, 3.05) is 26.2 Å². The van der Waals surface area contributed by atoms with Gasteiger partial charge in [-0.2, -0.15) is 0 Å². The van der Waals surface area contributed by atoms with Crippen molar-refractivity contribution in [2.45, 2.75) is 32.2 Å². The van der Waals surface area contributed by atoms with Crippen molar-refractivity contribution in [3.05, 3.63) is 59.9 Å². The Morgan fingerprint density at radius 2 is 1.75 bits per heavy atom. The van der Waals surface area contributed by atoms with Crippen LogP contribution < -0.4 is 0 Å². The first-order chi connectivity index (χ1) is 13.7. The number of para-hydroxylation sites is 2. The number of aromatic nitrogens is 2. The molecule has 2 aromatic carbocycles. The fourth-order valence-corrected chi connectivity index (χ4v) is 4.74. The Hall–Kier alpha value is -2.66. The van der Waals surface area contributed by atoms with Gasteiger partial charge in [-0.3, -0.25) is 14.3 Å². The molecule has 0 spiro atoms. The Morgan fingerprint density at radius 3 is 2.54 bits per heavy atom. The largest absolute Gasteiger partial charge is 0.337 e. The van der Waals surface area contributed by atoms with Crippen LogP contribution in [0.2, 0.25) is 0 Å². The van der Waals surface area contributed by atoms with Gasteiger partial charge in [0.1, 0.15) is 5.82 Å². The molecule has 1 atom stereocenters. The Bertz CT molecular complexity index is 1000. The topological polar surface area (TPSA) is 41.4 Å². The highest BCUT2D eigenvalue weighted by Crippen LogP contribution is 2.24. The van der Waals surface area contributed by atoms with E-state index in [1.165, 1.54) is 25.9 Å². The second-order valence-electron chi connectivity index (χ2n) is 7.97. The van der Waals surface area contributed by atoms with Gasteiger partial charge in [-0.1, -0.05) is 12.1 Å². The number of likely N-dealkylation sites (tertiary alicyclic amines) is 2. The highest BCUT2D eigenvalue weighted by molar-refractivity contribution is 5.94. The second-order valence-corrected chi connectivity index (χ2v) is 7.97. The van der Waals surface area contributed by atoms with E-state index in [1.807, 2.05) is 54.3 Å². The zero-order valence-electron chi connectivity index (χ0n) is 16.3. The summed E-state index contributed by atoms with van der Waals surface area (Å²) in [4.78, 5) is 22.2. The summed E-state index contributed by atoms with van der Waals surface area (Å²) in [6.45, 7) is 6.14. The van der Waals surface area contributed by atoms with Gasteiger partial charge in [-0.15, -0.1) is 0 Å². The van der Waals surface area contributed by atoms with Gasteiger partial charge >= 0.3 is 0 Å². The molecule has 3 heterocycles. The first-order valence-electron chi connectivity index (χ1n) is 10.3. The number of carbonyl (C=O) groups is 1. The Kier molecular flexibility index (Phi) is 4.40. The second kappa shape index (κ2) is 7.06. The van der Waals surface area contributed by atoms with Gasteiger partial charge < -0.3 is 4.90 Å². The Labute approximate surface area is 165 Å². The number of carbonyl (C=O) groups excluding carboxylic acids is 1. The highest BCUT2D eigenvalue weighted by atomic mass is 16.2. The van der Waals surface area contributed by atoms with Gasteiger partial charge in [-0.05, 0) is 75.7 Å². The predicted octanol–water partition coefficient (Wildman–Crippen LogP) is 3.64. The lowest BCUT2D eigenvalue weighted by atomic mass is 10.1. The van der Waals surface area contributed by atoms with E-state index >= 15 is 0 Å². The maximum Gasteiger partial charge on any atom is 0.253 e. The molecule has 1 aromatic heterocycles. The number of benzene rings is 2. The fourth-order valence-electron chi connectivity index (χ4n) is 4.74. The summed E-state index contributed by atoms with van der Waals surface area (Å²) < 4.78 is 2.14. The molecule has 144 valence electrons. The van der Waals surface area contributed by atoms with E-state index in [4.69, 9.17) is 0 Å². The number of aryl methyl sites for hydroxylation is 1. The summed E-state index contributed by atoms with van der Waals surface area (Å²) in [5.74, 6) is 1.11. The lowest BCUT2D eigenvalue weighted by molar-refractivity contribution is 0.0780. The van der Waals surface area contributed by atoms with Crippen LogP contribution in [0.15, 0.2) is 48.5 Å². The molecule has 0 bridgehead atoms. The molecule has 0 aliphatic carbocycles. The van der Waals surface area contributed by atoms with Crippen LogP contribution in [0.3, 0.4) is 0 Å². The molecule has 2 fully saturated rings. The monoisotopic (exact) mass is 374 g/mol. The summed E-state index contributed by atoms with van der Waals surface area (Å²) in [6.07, 6.45) is 3.70. The van der Waals surface area contributed by atoms with E-state index in [1.54, 1.807) is 0 Å². The normalized spacial score (nSPS) is 20.3. The van der Waals surface area contributed by atoms with Crippen molar-refractivity contribution < 1.29 is 4.79 Å². The van der Waals surface area contributed by atoms with Crippen LogP contribution in [0.4, 0.5) is 0 Å². The maximum absolute atomic E-state index is 13.0. The molecule has 0 N–H and O–H groups in total. The molecule has 3 aromatic rings. The zero-order chi connectivity index (χ0) is 19.1. The number of amides is 1. The first kappa shape index (κ1) is 17.4. The number of fused-ring (bicyclic) bond motifs is 1. The van der Waals surface area contributed by atoms with Gasteiger partial charge in [0.25, 0.3) is 5.91 Å². The Morgan fingerprint density at radius 1 is 1.00 bits per heavy atom. The molecule has 0 saturated carbocycles. The molecule has 5 rings (SSSR count). The van der Waals surface area contributed by atoms with E-state index in [-0.39, 0.29) is 5.91 Å². The third-order valence-corrected chi connectivity index (χ3v) is 6.21. The number of nitrogens with zero attached hydrogens (tertiary/aromatic N) is 4. The van der Waals surface area contributed by atoms with Crippen LogP contribution in [-0.2, 0) is 0 Å². The van der Waals surface area contributed by atoms with Crippen LogP contribution in [0.25, 0.3) is 16.7 Å². The number of hydrogen-bond donors (Lipinski definition) is 0. The third kappa shape index (κ3) is 3.00. The molecular formula is C23H26N4O. The molecule has 2 aliphatic rings. The predicted molar refractivity (Wildman–Crippen MR) is 111 cm³/mol. The highest BCUT2D eigenvalue weighted by Gasteiger charge is 2.31. The third-order valence-electron chi connectivity index (χ3n) is 6.21. The van der Waals surface area contributed by atoms with Crippen molar-refractivity contribution in [2.24, 2.45) is 0 Å². The maximum atomic E-state index is 13.0.